The van der Waals surface area contributed by atoms with Gasteiger partial charge in [-0.05, 0) is 47.5 Å². The number of amides is 2. The first-order chi connectivity index (χ1) is 16.8. The fourth-order valence-corrected chi connectivity index (χ4v) is 4.26. The molecule has 0 saturated carbocycles. The van der Waals surface area contributed by atoms with Crippen molar-refractivity contribution in [1.82, 2.24) is 9.80 Å². The van der Waals surface area contributed by atoms with E-state index in [1.54, 1.807) is 52.3 Å². The van der Waals surface area contributed by atoms with Gasteiger partial charge in [0, 0.05) is 37.3 Å². The molecule has 9 heteroatoms. The van der Waals surface area contributed by atoms with Crippen LogP contribution < -0.4 is 9.47 Å². The second kappa shape index (κ2) is 8.98. The molecule has 0 radical (unpaired) electrons. The Morgan fingerprint density at radius 1 is 0.743 bits per heavy atom. The standard InChI is InChI=1S/C26H21F3N2O4/c27-26(28,29)19-8-5-17(6-9-19)20-3-1-2-4-21(20)25(33)31-13-11-30(12-14-31)24(32)18-7-10-22-23(15-18)35-16-34-22/h1-10,15H,11-14,16H2. The summed E-state index contributed by atoms with van der Waals surface area (Å²) in [5, 5.41) is 0. The molecule has 0 bridgehead atoms. The fraction of sp³-hybridized carbons (Fsp3) is 0.231. The average Bonchev–Trinajstić information content (AvgIpc) is 3.35. The molecule has 5 rings (SSSR count). The number of hydrogen-bond donors (Lipinski definition) is 0. The highest BCUT2D eigenvalue weighted by atomic mass is 19.4. The van der Waals surface area contributed by atoms with Gasteiger partial charge in [-0.3, -0.25) is 9.59 Å². The van der Waals surface area contributed by atoms with E-state index >= 15 is 0 Å². The minimum absolute atomic E-state index is 0.127. The van der Waals surface area contributed by atoms with Crippen molar-refractivity contribution in [2.45, 2.75) is 6.18 Å². The van der Waals surface area contributed by atoms with Crippen molar-refractivity contribution in [1.29, 1.82) is 0 Å². The lowest BCUT2D eigenvalue weighted by molar-refractivity contribution is -0.137. The molecule has 2 amide bonds. The number of benzene rings is 3. The molecule has 1 saturated heterocycles. The van der Waals surface area contributed by atoms with E-state index in [0.29, 0.717) is 59.9 Å². The van der Waals surface area contributed by atoms with Crippen LogP contribution in [0.25, 0.3) is 11.1 Å². The molecule has 2 aliphatic rings. The lowest BCUT2D eigenvalue weighted by Gasteiger charge is -2.35. The summed E-state index contributed by atoms with van der Waals surface area (Å²) in [5.41, 5.74) is 1.24. The predicted octanol–water partition coefficient (Wildman–Crippen LogP) is 4.70. The lowest BCUT2D eigenvalue weighted by atomic mass is 9.97. The van der Waals surface area contributed by atoms with Gasteiger partial charge >= 0.3 is 6.18 Å². The zero-order chi connectivity index (χ0) is 24.6. The minimum Gasteiger partial charge on any atom is -0.454 e. The molecule has 0 unspecified atom stereocenters. The maximum atomic E-state index is 13.3. The van der Waals surface area contributed by atoms with Gasteiger partial charge in [0.15, 0.2) is 11.5 Å². The first kappa shape index (κ1) is 22.8. The Hall–Kier alpha value is -4.01. The zero-order valence-electron chi connectivity index (χ0n) is 18.5. The normalized spacial score (nSPS) is 15.3. The molecule has 2 heterocycles. The minimum atomic E-state index is -4.43. The van der Waals surface area contributed by atoms with Gasteiger partial charge in [0.25, 0.3) is 11.8 Å². The predicted molar refractivity (Wildman–Crippen MR) is 121 cm³/mol. The van der Waals surface area contributed by atoms with Crippen LogP contribution in [0.15, 0.2) is 66.7 Å². The lowest BCUT2D eigenvalue weighted by Crippen LogP contribution is -2.50. The van der Waals surface area contributed by atoms with Crippen LogP contribution in [0, 0.1) is 0 Å². The third-order valence-electron chi connectivity index (χ3n) is 6.15. The maximum Gasteiger partial charge on any atom is 0.416 e. The maximum absolute atomic E-state index is 13.3. The molecule has 0 spiro atoms. The first-order valence-corrected chi connectivity index (χ1v) is 11.1. The van der Waals surface area contributed by atoms with E-state index in [4.69, 9.17) is 9.47 Å². The molecule has 3 aromatic carbocycles. The van der Waals surface area contributed by atoms with E-state index in [1.807, 2.05) is 0 Å². The quantitative estimate of drug-likeness (QED) is 0.543. The molecule has 3 aromatic rings. The van der Waals surface area contributed by atoms with Gasteiger partial charge in [-0.15, -0.1) is 0 Å². The second-order valence-corrected chi connectivity index (χ2v) is 8.27. The zero-order valence-corrected chi connectivity index (χ0v) is 18.5. The summed E-state index contributed by atoms with van der Waals surface area (Å²) in [5.74, 6) is 0.754. The van der Waals surface area contributed by atoms with Gasteiger partial charge < -0.3 is 19.3 Å². The number of fused-ring (bicyclic) bond motifs is 1. The summed E-state index contributed by atoms with van der Waals surface area (Å²) < 4.78 is 49.4. The van der Waals surface area contributed by atoms with Crippen LogP contribution in [-0.2, 0) is 6.18 Å². The number of piperazine rings is 1. The third-order valence-corrected chi connectivity index (χ3v) is 6.15. The van der Waals surface area contributed by atoms with E-state index in [2.05, 4.69) is 0 Å². The average molecular weight is 482 g/mol. The van der Waals surface area contributed by atoms with Crippen LogP contribution in [0.4, 0.5) is 13.2 Å². The van der Waals surface area contributed by atoms with E-state index < -0.39 is 11.7 Å². The van der Waals surface area contributed by atoms with Gasteiger partial charge in [-0.1, -0.05) is 30.3 Å². The van der Waals surface area contributed by atoms with Crippen LogP contribution in [0.3, 0.4) is 0 Å². The Bertz CT molecular complexity index is 1270. The highest BCUT2D eigenvalue weighted by Crippen LogP contribution is 2.34. The number of hydrogen-bond acceptors (Lipinski definition) is 4. The molecule has 0 atom stereocenters. The summed E-state index contributed by atoms with van der Waals surface area (Å²) in [4.78, 5) is 29.6. The van der Waals surface area contributed by atoms with Crippen LogP contribution >= 0.6 is 0 Å². The third kappa shape index (κ3) is 4.53. The van der Waals surface area contributed by atoms with Gasteiger partial charge in [-0.25, -0.2) is 0 Å². The molecule has 0 N–H and O–H groups in total. The van der Waals surface area contributed by atoms with Crippen LogP contribution in [0.1, 0.15) is 26.3 Å². The SMILES string of the molecule is O=C(c1ccc2c(c1)OCO2)N1CCN(C(=O)c2ccccc2-c2ccc(C(F)(F)F)cc2)CC1. The van der Waals surface area contributed by atoms with E-state index in [1.165, 1.54) is 12.1 Å². The highest BCUT2D eigenvalue weighted by molar-refractivity contribution is 6.01. The molecule has 2 aliphatic heterocycles. The monoisotopic (exact) mass is 482 g/mol. The molecular formula is C26H21F3N2O4. The summed E-state index contributed by atoms with van der Waals surface area (Å²) >= 11 is 0. The molecule has 35 heavy (non-hydrogen) atoms. The van der Waals surface area contributed by atoms with Crippen LogP contribution in [-0.4, -0.2) is 54.6 Å². The number of ether oxygens (including phenoxy) is 2. The van der Waals surface area contributed by atoms with Gasteiger partial charge in [0.1, 0.15) is 0 Å². The Balaban J connectivity index is 1.28. The second-order valence-electron chi connectivity index (χ2n) is 8.27. The molecule has 180 valence electrons. The van der Waals surface area contributed by atoms with Crippen molar-refractivity contribution in [3.8, 4) is 22.6 Å². The summed E-state index contributed by atoms with van der Waals surface area (Å²) in [6, 6.07) is 16.7. The Kier molecular flexibility index (Phi) is 5.84. The molecular weight excluding hydrogens is 461 g/mol. The number of carbonyl (C=O) groups is 2. The van der Waals surface area contributed by atoms with E-state index in [-0.39, 0.29) is 18.6 Å². The Morgan fingerprint density at radius 3 is 2.06 bits per heavy atom. The first-order valence-electron chi connectivity index (χ1n) is 11.1. The molecule has 1 fully saturated rings. The van der Waals surface area contributed by atoms with Crippen molar-refractivity contribution < 1.29 is 32.2 Å². The smallest absolute Gasteiger partial charge is 0.416 e. The van der Waals surface area contributed by atoms with E-state index in [0.717, 1.165) is 12.1 Å². The number of alkyl halides is 3. The van der Waals surface area contributed by atoms with Crippen molar-refractivity contribution in [2.24, 2.45) is 0 Å². The molecule has 0 aromatic heterocycles. The summed E-state index contributed by atoms with van der Waals surface area (Å²) in [6.07, 6.45) is -4.43. The summed E-state index contributed by atoms with van der Waals surface area (Å²) in [6.45, 7) is 1.54. The number of rotatable bonds is 3. The van der Waals surface area contributed by atoms with Crippen LogP contribution in [0.2, 0.25) is 0 Å². The van der Waals surface area contributed by atoms with Crippen molar-refractivity contribution >= 4 is 11.8 Å². The Morgan fingerprint density at radius 2 is 1.37 bits per heavy atom. The van der Waals surface area contributed by atoms with E-state index in [9.17, 15) is 22.8 Å². The molecule has 6 nitrogen and oxygen atoms in total. The van der Waals surface area contributed by atoms with Gasteiger partial charge in [-0.2, -0.15) is 13.2 Å². The van der Waals surface area contributed by atoms with Crippen molar-refractivity contribution in [3.63, 3.8) is 0 Å². The Labute approximate surface area is 199 Å². The summed E-state index contributed by atoms with van der Waals surface area (Å²) in [7, 11) is 0. The number of nitrogens with zero attached hydrogens (tertiary/aromatic N) is 2. The van der Waals surface area contributed by atoms with Crippen LogP contribution in [0.5, 0.6) is 11.5 Å². The largest absolute Gasteiger partial charge is 0.454 e. The number of carbonyl (C=O) groups excluding carboxylic acids is 2. The van der Waals surface area contributed by atoms with Gasteiger partial charge in [0.2, 0.25) is 6.79 Å². The molecule has 0 aliphatic carbocycles. The van der Waals surface area contributed by atoms with Crippen molar-refractivity contribution in [2.75, 3.05) is 33.0 Å². The van der Waals surface area contributed by atoms with Crippen molar-refractivity contribution in [3.05, 3.63) is 83.4 Å². The topological polar surface area (TPSA) is 59.1 Å². The van der Waals surface area contributed by atoms with Gasteiger partial charge in [0.05, 0.1) is 5.56 Å². The fourth-order valence-electron chi connectivity index (χ4n) is 4.26. The number of halogens is 3. The highest BCUT2D eigenvalue weighted by Gasteiger charge is 2.31.